The van der Waals surface area contributed by atoms with Gasteiger partial charge >= 0.3 is 0 Å². The summed E-state index contributed by atoms with van der Waals surface area (Å²) < 4.78 is 4.78. The minimum absolute atomic E-state index is 0.855. The van der Waals surface area contributed by atoms with Gasteiger partial charge < -0.3 is 14.7 Å². The van der Waals surface area contributed by atoms with Gasteiger partial charge in [-0.25, -0.2) is 0 Å². The van der Waals surface area contributed by atoms with Gasteiger partial charge in [0.05, 0.1) is 0 Å². The molecular weight excluding hydrogens is 130 g/mol. The molecule has 1 aromatic rings. The Kier molecular flexibility index (Phi) is 1.06. The number of aromatic nitrogens is 1. The zero-order valence-corrected chi connectivity index (χ0v) is 5.79. The van der Waals surface area contributed by atoms with E-state index in [1.807, 2.05) is 7.05 Å². The summed E-state index contributed by atoms with van der Waals surface area (Å²) in [6.07, 6.45) is 1.65. The molecule has 2 heterocycles. The second kappa shape index (κ2) is 1.90. The lowest BCUT2D eigenvalue weighted by Crippen LogP contribution is -2.29. The van der Waals surface area contributed by atoms with Crippen molar-refractivity contribution in [2.75, 3.05) is 30.4 Å². The van der Waals surface area contributed by atoms with Crippen molar-refractivity contribution in [1.82, 2.24) is 5.16 Å². The van der Waals surface area contributed by atoms with Gasteiger partial charge in [-0.2, -0.15) is 0 Å². The highest BCUT2D eigenvalue weighted by Gasteiger charge is 2.15. The van der Waals surface area contributed by atoms with Gasteiger partial charge in [0.2, 0.25) is 0 Å². The largest absolute Gasteiger partial charge is 0.367 e. The van der Waals surface area contributed by atoms with Gasteiger partial charge in [-0.1, -0.05) is 5.16 Å². The minimum atomic E-state index is 0.855. The molecule has 4 heteroatoms. The van der Waals surface area contributed by atoms with Crippen LogP contribution in [0.25, 0.3) is 0 Å². The first kappa shape index (κ1) is 5.58. The van der Waals surface area contributed by atoms with Crippen LogP contribution in [0.3, 0.4) is 0 Å². The maximum absolute atomic E-state index is 4.78. The Hall–Kier alpha value is -1.19. The monoisotopic (exact) mass is 139 g/mol. The van der Waals surface area contributed by atoms with E-state index in [1.165, 1.54) is 0 Å². The summed E-state index contributed by atoms with van der Waals surface area (Å²) in [5, 5.41) is 6.91. The molecule has 0 aromatic carbocycles. The molecular formula is C6H9N3O. The quantitative estimate of drug-likeness (QED) is 0.569. The number of hydrogen-bond donors (Lipinski definition) is 1. The van der Waals surface area contributed by atoms with Gasteiger partial charge in [-0.3, -0.25) is 0 Å². The van der Waals surface area contributed by atoms with Crippen LogP contribution in [0.2, 0.25) is 0 Å². The van der Waals surface area contributed by atoms with Crippen molar-refractivity contribution < 1.29 is 4.52 Å². The molecule has 0 atom stereocenters. The highest BCUT2D eigenvalue weighted by molar-refractivity contribution is 5.65. The van der Waals surface area contributed by atoms with E-state index >= 15 is 0 Å². The molecule has 0 saturated carbocycles. The van der Waals surface area contributed by atoms with Crippen molar-refractivity contribution in [2.45, 2.75) is 0 Å². The first-order valence-electron chi connectivity index (χ1n) is 3.27. The molecule has 1 aliphatic heterocycles. The molecule has 0 unspecified atom stereocenters. The number of anilines is 2. The molecule has 2 rings (SSSR count). The summed E-state index contributed by atoms with van der Waals surface area (Å²) in [6.45, 7) is 1.95. The van der Waals surface area contributed by atoms with E-state index in [1.54, 1.807) is 6.26 Å². The van der Waals surface area contributed by atoms with Crippen LogP contribution in [-0.2, 0) is 0 Å². The molecule has 54 valence electrons. The Morgan fingerprint density at radius 1 is 1.80 bits per heavy atom. The van der Waals surface area contributed by atoms with E-state index in [0.29, 0.717) is 0 Å². The number of likely N-dealkylation sites (N-methyl/N-ethyl adjacent to an activating group) is 1. The molecule has 0 radical (unpaired) electrons. The number of fused-ring (bicyclic) bond motifs is 1. The summed E-state index contributed by atoms with van der Waals surface area (Å²) in [6, 6.07) is 0. The molecule has 1 aromatic heterocycles. The van der Waals surface area contributed by atoms with Crippen molar-refractivity contribution >= 4 is 11.5 Å². The van der Waals surface area contributed by atoms with E-state index < -0.39 is 0 Å². The van der Waals surface area contributed by atoms with Gasteiger partial charge in [0.15, 0.2) is 5.82 Å². The third-order valence-corrected chi connectivity index (χ3v) is 1.70. The van der Waals surface area contributed by atoms with Crippen molar-refractivity contribution in [1.29, 1.82) is 0 Å². The van der Waals surface area contributed by atoms with E-state index in [-0.39, 0.29) is 0 Å². The molecule has 0 aliphatic carbocycles. The Labute approximate surface area is 58.8 Å². The molecule has 0 saturated heterocycles. The second-order valence-electron chi connectivity index (χ2n) is 2.40. The Morgan fingerprint density at radius 3 is 3.50 bits per heavy atom. The summed E-state index contributed by atoms with van der Waals surface area (Å²) in [4.78, 5) is 2.11. The minimum Gasteiger partial charge on any atom is -0.367 e. The van der Waals surface area contributed by atoms with E-state index in [9.17, 15) is 0 Å². The first-order valence-corrected chi connectivity index (χ1v) is 3.27. The lowest BCUT2D eigenvalue weighted by atomic mass is 10.3. The van der Waals surface area contributed by atoms with Crippen molar-refractivity contribution in [3.05, 3.63) is 6.26 Å². The highest BCUT2D eigenvalue weighted by atomic mass is 16.5. The van der Waals surface area contributed by atoms with Crippen LogP contribution in [-0.4, -0.2) is 25.3 Å². The standard InChI is InChI=1S/C6H9N3O/c1-9-3-2-7-6-5(9)4-10-8-6/h4H,2-3H2,1H3,(H,7,8). The van der Waals surface area contributed by atoms with Crippen LogP contribution in [0.15, 0.2) is 10.8 Å². The number of nitrogens with zero attached hydrogens (tertiary/aromatic N) is 2. The van der Waals surface area contributed by atoms with Crippen LogP contribution < -0.4 is 10.2 Å². The number of rotatable bonds is 0. The van der Waals surface area contributed by atoms with Crippen LogP contribution in [0.4, 0.5) is 11.5 Å². The SMILES string of the molecule is CN1CCNc2nocc21. The maximum atomic E-state index is 4.78. The Morgan fingerprint density at radius 2 is 2.70 bits per heavy atom. The molecule has 0 amide bonds. The predicted molar refractivity (Wildman–Crippen MR) is 38.3 cm³/mol. The van der Waals surface area contributed by atoms with Crippen LogP contribution >= 0.6 is 0 Å². The summed E-state index contributed by atoms with van der Waals surface area (Å²) in [5.74, 6) is 0.855. The summed E-state index contributed by atoms with van der Waals surface area (Å²) in [5.41, 5.74) is 1.05. The van der Waals surface area contributed by atoms with Gasteiger partial charge in [-0.05, 0) is 0 Å². The van der Waals surface area contributed by atoms with Gasteiger partial charge in [0.25, 0.3) is 0 Å². The van der Waals surface area contributed by atoms with E-state index in [0.717, 1.165) is 24.6 Å². The third-order valence-electron chi connectivity index (χ3n) is 1.70. The number of hydrogen-bond acceptors (Lipinski definition) is 4. The fourth-order valence-corrected chi connectivity index (χ4v) is 1.09. The predicted octanol–water partition coefficient (Wildman–Crippen LogP) is 0.536. The lowest BCUT2D eigenvalue weighted by molar-refractivity contribution is 0.423. The van der Waals surface area contributed by atoms with Gasteiger partial charge in [-0.15, -0.1) is 0 Å². The molecule has 0 fully saturated rings. The molecule has 10 heavy (non-hydrogen) atoms. The molecule has 0 spiro atoms. The van der Waals surface area contributed by atoms with Crippen molar-refractivity contribution in [3.8, 4) is 0 Å². The summed E-state index contributed by atoms with van der Waals surface area (Å²) in [7, 11) is 2.02. The van der Waals surface area contributed by atoms with Crippen LogP contribution in [0, 0.1) is 0 Å². The topological polar surface area (TPSA) is 41.3 Å². The molecule has 0 bridgehead atoms. The fraction of sp³-hybridized carbons (Fsp3) is 0.500. The lowest BCUT2D eigenvalue weighted by Gasteiger charge is -2.22. The van der Waals surface area contributed by atoms with Crippen LogP contribution in [0.5, 0.6) is 0 Å². The average molecular weight is 139 g/mol. The molecule has 4 nitrogen and oxygen atoms in total. The first-order chi connectivity index (χ1) is 4.88. The number of nitrogens with one attached hydrogen (secondary N) is 1. The maximum Gasteiger partial charge on any atom is 0.193 e. The van der Waals surface area contributed by atoms with Crippen molar-refractivity contribution in [3.63, 3.8) is 0 Å². The van der Waals surface area contributed by atoms with E-state index in [2.05, 4.69) is 15.4 Å². The zero-order valence-electron chi connectivity index (χ0n) is 5.79. The zero-order chi connectivity index (χ0) is 6.97. The molecule has 1 aliphatic rings. The Balaban J connectivity index is 2.41. The second-order valence-corrected chi connectivity index (χ2v) is 2.40. The molecule has 1 N–H and O–H groups in total. The average Bonchev–Trinajstić information content (AvgIpc) is 2.36. The van der Waals surface area contributed by atoms with E-state index in [4.69, 9.17) is 4.52 Å². The van der Waals surface area contributed by atoms with Crippen molar-refractivity contribution in [2.24, 2.45) is 0 Å². The van der Waals surface area contributed by atoms with Gasteiger partial charge in [0, 0.05) is 20.1 Å². The van der Waals surface area contributed by atoms with Gasteiger partial charge in [0.1, 0.15) is 12.0 Å². The third kappa shape index (κ3) is 0.650. The smallest absolute Gasteiger partial charge is 0.193 e. The fourth-order valence-electron chi connectivity index (χ4n) is 1.09. The summed E-state index contributed by atoms with van der Waals surface area (Å²) >= 11 is 0. The Bertz CT molecular complexity index is 233. The normalized spacial score (nSPS) is 16.3. The highest BCUT2D eigenvalue weighted by Crippen LogP contribution is 2.25. The van der Waals surface area contributed by atoms with Crippen LogP contribution in [0.1, 0.15) is 0 Å².